The lowest BCUT2D eigenvalue weighted by atomic mass is 10.1. The van der Waals surface area contributed by atoms with E-state index in [4.69, 9.17) is 9.88 Å². The van der Waals surface area contributed by atoms with Gasteiger partial charge in [0.1, 0.15) is 36.2 Å². The fraction of sp³-hybridized carbons (Fsp3) is 0.833. The number of ketones is 2. The molecule has 10 nitrogen and oxygen atoms in total. The first-order valence-electron chi connectivity index (χ1n) is 7.42. The van der Waals surface area contributed by atoms with E-state index in [2.05, 4.69) is 31.7 Å². The summed E-state index contributed by atoms with van der Waals surface area (Å²) >= 11 is 0. The number of hydrogen-bond donors (Lipinski definition) is 4. The molecule has 3 heterocycles. The van der Waals surface area contributed by atoms with Crippen LogP contribution in [0, 0.1) is 0 Å². The lowest BCUT2D eigenvalue weighted by Crippen LogP contribution is -2.73. The zero-order chi connectivity index (χ0) is 15.7. The van der Waals surface area contributed by atoms with Crippen LogP contribution in [0.2, 0.25) is 0 Å². The van der Waals surface area contributed by atoms with Crippen molar-refractivity contribution in [3.05, 3.63) is 0 Å². The Balaban J connectivity index is 1.76. The third kappa shape index (κ3) is 3.05. The predicted molar refractivity (Wildman–Crippen MR) is 73.9 cm³/mol. The van der Waals surface area contributed by atoms with Crippen LogP contribution in [0.1, 0.15) is 26.7 Å². The fourth-order valence-electron chi connectivity index (χ4n) is 3.04. The highest BCUT2D eigenvalue weighted by atomic mass is 16.8. The molecule has 0 spiro atoms. The number of piperazine rings is 1. The number of nitrogens with zero attached hydrogens (tertiary/aromatic N) is 2. The highest BCUT2D eigenvalue weighted by Gasteiger charge is 2.52. The van der Waals surface area contributed by atoms with Gasteiger partial charge in [-0.05, 0) is 13.8 Å². The van der Waals surface area contributed by atoms with Gasteiger partial charge in [-0.1, -0.05) is 0 Å². The molecule has 0 radical (unpaired) electrons. The maximum atomic E-state index is 11.3. The number of carbonyl (C=O) groups is 2. The Labute approximate surface area is 128 Å². The molecule has 3 aliphatic rings. The highest BCUT2D eigenvalue weighted by molar-refractivity contribution is 5.75. The monoisotopic (exact) mass is 314 g/mol. The number of nitrogens with one attached hydrogen (secondary N) is 4. The average Bonchev–Trinajstić information content (AvgIpc) is 3.10. The lowest BCUT2D eigenvalue weighted by Gasteiger charge is -2.48. The first-order chi connectivity index (χ1) is 10.6. The van der Waals surface area contributed by atoms with Crippen LogP contribution in [0.3, 0.4) is 0 Å². The van der Waals surface area contributed by atoms with Gasteiger partial charge in [-0.15, -0.1) is 0 Å². The second-order valence-corrected chi connectivity index (χ2v) is 5.83. The largest absolute Gasteiger partial charge is 0.300 e. The van der Waals surface area contributed by atoms with Crippen molar-refractivity contribution in [2.24, 2.45) is 0 Å². The zero-order valence-corrected chi connectivity index (χ0v) is 12.7. The summed E-state index contributed by atoms with van der Waals surface area (Å²) in [5.74, 6) is 0.261. The van der Waals surface area contributed by atoms with Crippen LogP contribution in [-0.4, -0.2) is 59.1 Å². The topological polar surface area (TPSA) is 107 Å². The van der Waals surface area contributed by atoms with E-state index in [0.29, 0.717) is 25.9 Å². The summed E-state index contributed by atoms with van der Waals surface area (Å²) < 4.78 is 0. The smallest absolute Gasteiger partial charge is 0.131 e. The molecule has 0 aromatic rings. The lowest BCUT2D eigenvalue weighted by molar-refractivity contribution is -0.121. The van der Waals surface area contributed by atoms with Gasteiger partial charge in [0.2, 0.25) is 0 Å². The van der Waals surface area contributed by atoms with E-state index in [0.717, 1.165) is 0 Å². The molecule has 3 fully saturated rings. The first-order valence-corrected chi connectivity index (χ1v) is 7.42. The standard InChI is InChI=1S/C12H22N6O4/c1-7(19)3-5-17-9-11(15-21-13-9)18(6-4-8(2)20)12-10(17)14-22-16-12/h9-16H,3-6H2,1-2H3. The van der Waals surface area contributed by atoms with Crippen molar-refractivity contribution in [2.75, 3.05) is 13.1 Å². The Morgan fingerprint density at radius 2 is 1.09 bits per heavy atom. The molecule has 3 saturated heterocycles. The Morgan fingerprint density at radius 3 is 1.36 bits per heavy atom. The summed E-state index contributed by atoms with van der Waals surface area (Å²) in [4.78, 5) is 37.1. The summed E-state index contributed by atoms with van der Waals surface area (Å²) in [6.45, 7) is 4.31. The average molecular weight is 314 g/mol. The third-order valence-corrected chi connectivity index (χ3v) is 4.19. The Morgan fingerprint density at radius 1 is 0.773 bits per heavy atom. The predicted octanol–water partition coefficient (Wildman–Crippen LogP) is -2.05. The number of rotatable bonds is 6. The van der Waals surface area contributed by atoms with Crippen molar-refractivity contribution < 1.29 is 19.5 Å². The summed E-state index contributed by atoms with van der Waals surface area (Å²) in [7, 11) is 0. The van der Waals surface area contributed by atoms with Crippen molar-refractivity contribution in [1.29, 1.82) is 0 Å². The van der Waals surface area contributed by atoms with Gasteiger partial charge in [-0.25, -0.2) is 9.88 Å². The molecule has 4 atom stereocenters. The maximum Gasteiger partial charge on any atom is 0.131 e. The molecule has 124 valence electrons. The van der Waals surface area contributed by atoms with Crippen molar-refractivity contribution in [1.82, 2.24) is 31.7 Å². The quantitative estimate of drug-likeness (QED) is 0.437. The molecule has 22 heavy (non-hydrogen) atoms. The van der Waals surface area contributed by atoms with Gasteiger partial charge in [0.25, 0.3) is 0 Å². The Kier molecular flexibility index (Phi) is 4.80. The highest BCUT2D eigenvalue weighted by Crippen LogP contribution is 2.27. The molecule has 0 bridgehead atoms. The maximum absolute atomic E-state index is 11.3. The van der Waals surface area contributed by atoms with Crippen LogP contribution < -0.4 is 21.9 Å². The van der Waals surface area contributed by atoms with Crippen LogP contribution in [0.25, 0.3) is 0 Å². The normalized spacial score (nSPS) is 35.4. The summed E-state index contributed by atoms with van der Waals surface area (Å²) in [6, 6.07) is 0. The molecule has 4 N–H and O–H groups in total. The van der Waals surface area contributed by atoms with Crippen molar-refractivity contribution in [3.8, 4) is 0 Å². The van der Waals surface area contributed by atoms with Crippen LogP contribution in [0.5, 0.6) is 0 Å². The third-order valence-electron chi connectivity index (χ3n) is 4.19. The molecule has 0 aromatic carbocycles. The molecular formula is C12H22N6O4. The van der Waals surface area contributed by atoms with Crippen molar-refractivity contribution >= 4 is 11.6 Å². The molecule has 10 heteroatoms. The van der Waals surface area contributed by atoms with E-state index < -0.39 is 0 Å². The molecule has 0 aliphatic carbocycles. The molecular weight excluding hydrogens is 292 g/mol. The number of hydrogen-bond acceptors (Lipinski definition) is 10. The van der Waals surface area contributed by atoms with Gasteiger partial charge >= 0.3 is 0 Å². The van der Waals surface area contributed by atoms with Crippen LogP contribution in [-0.2, 0) is 19.5 Å². The minimum absolute atomic E-state index is 0.130. The molecule has 0 aromatic heterocycles. The van der Waals surface area contributed by atoms with Crippen molar-refractivity contribution in [2.45, 2.75) is 51.4 Å². The summed E-state index contributed by atoms with van der Waals surface area (Å²) in [5.41, 5.74) is 11.7. The van der Waals surface area contributed by atoms with Gasteiger partial charge in [0.05, 0.1) is 0 Å². The zero-order valence-electron chi connectivity index (χ0n) is 12.7. The molecule has 4 unspecified atom stereocenters. The minimum atomic E-state index is -0.149. The Hall–Kier alpha value is -0.980. The van der Waals surface area contributed by atoms with Gasteiger partial charge in [0, 0.05) is 25.9 Å². The minimum Gasteiger partial charge on any atom is -0.300 e. The first kappa shape index (κ1) is 15.9. The second kappa shape index (κ2) is 6.64. The van der Waals surface area contributed by atoms with Gasteiger partial charge in [-0.3, -0.25) is 19.4 Å². The number of carbonyl (C=O) groups excluding carboxylic acids is 2. The molecule has 3 rings (SSSR count). The van der Waals surface area contributed by atoms with Crippen LogP contribution >= 0.6 is 0 Å². The molecule has 3 aliphatic heterocycles. The second-order valence-electron chi connectivity index (χ2n) is 5.83. The van der Waals surface area contributed by atoms with Crippen molar-refractivity contribution in [3.63, 3.8) is 0 Å². The van der Waals surface area contributed by atoms with E-state index in [-0.39, 0.29) is 36.2 Å². The summed E-state index contributed by atoms with van der Waals surface area (Å²) in [6.07, 6.45) is 0.297. The Bertz CT molecular complexity index is 389. The van der Waals surface area contributed by atoms with E-state index >= 15 is 0 Å². The molecule has 0 amide bonds. The van der Waals surface area contributed by atoms with Gasteiger partial charge in [0.15, 0.2) is 0 Å². The summed E-state index contributed by atoms with van der Waals surface area (Å²) in [5, 5.41) is 0. The van der Waals surface area contributed by atoms with E-state index in [1.165, 1.54) is 0 Å². The fourth-order valence-corrected chi connectivity index (χ4v) is 3.04. The van der Waals surface area contributed by atoms with Gasteiger partial charge in [-0.2, -0.15) is 21.9 Å². The van der Waals surface area contributed by atoms with E-state index in [1.807, 2.05) is 0 Å². The molecule has 0 saturated carbocycles. The van der Waals surface area contributed by atoms with Gasteiger partial charge < -0.3 is 0 Å². The number of hydroxylamine groups is 4. The van der Waals surface area contributed by atoms with E-state index in [1.54, 1.807) is 13.8 Å². The SMILES string of the molecule is CC(=O)CCN1C2NONC2N(CCC(C)=O)C2NONC21. The van der Waals surface area contributed by atoms with Crippen LogP contribution in [0.15, 0.2) is 0 Å². The number of Topliss-reactive ketones (excluding diaryl/α,β-unsaturated/α-hetero) is 2. The van der Waals surface area contributed by atoms with E-state index in [9.17, 15) is 9.59 Å². The van der Waals surface area contributed by atoms with Crippen LogP contribution in [0.4, 0.5) is 0 Å². The number of fused-ring (bicyclic) bond motifs is 2.